The fourth-order valence-corrected chi connectivity index (χ4v) is 3.78. The van der Waals surface area contributed by atoms with Gasteiger partial charge in [-0.25, -0.2) is 0 Å². The second-order valence-electron chi connectivity index (χ2n) is 5.39. The van der Waals surface area contributed by atoms with Crippen LogP contribution in [0.1, 0.15) is 47.0 Å². The Hall–Kier alpha value is 0. The van der Waals surface area contributed by atoms with Gasteiger partial charge in [-0.05, 0) is 41.9 Å². The molecular formula is C12H22. The van der Waals surface area contributed by atoms with Crippen molar-refractivity contribution in [3.05, 3.63) is 0 Å². The van der Waals surface area contributed by atoms with Gasteiger partial charge >= 0.3 is 0 Å². The van der Waals surface area contributed by atoms with Crippen LogP contribution in [-0.2, 0) is 0 Å². The first-order valence-corrected chi connectivity index (χ1v) is 5.61. The Morgan fingerprint density at radius 3 is 2.08 bits per heavy atom. The lowest BCUT2D eigenvalue weighted by Crippen LogP contribution is -2.39. The Morgan fingerprint density at radius 1 is 1.25 bits per heavy atom. The standard InChI is InChI=1S/C12H22/c1-5-10-6-7-12(10,4)11-8(2)9(11)3/h8-11H,5-7H2,1-4H3. The maximum Gasteiger partial charge on any atom is -0.0264 e. The normalized spacial score (nSPS) is 58.0. The topological polar surface area (TPSA) is 0 Å². The molecule has 70 valence electrons. The molecule has 0 aromatic heterocycles. The third-order valence-corrected chi connectivity index (χ3v) is 5.04. The van der Waals surface area contributed by atoms with Gasteiger partial charge in [-0.1, -0.05) is 34.1 Å². The summed E-state index contributed by atoms with van der Waals surface area (Å²) in [5.41, 5.74) is 0.744. The third-order valence-electron chi connectivity index (χ3n) is 5.04. The minimum atomic E-state index is 0.744. The van der Waals surface area contributed by atoms with Gasteiger partial charge in [0, 0.05) is 0 Å². The Kier molecular flexibility index (Phi) is 1.79. The van der Waals surface area contributed by atoms with Crippen molar-refractivity contribution >= 4 is 0 Å². The molecule has 4 atom stereocenters. The average Bonchev–Trinajstić information content (AvgIpc) is 2.58. The molecule has 2 fully saturated rings. The molecule has 0 spiro atoms. The number of hydrogen-bond donors (Lipinski definition) is 0. The highest BCUT2D eigenvalue weighted by molar-refractivity contribution is 5.07. The maximum absolute atomic E-state index is 2.54. The van der Waals surface area contributed by atoms with E-state index in [1.54, 1.807) is 0 Å². The zero-order valence-electron chi connectivity index (χ0n) is 8.93. The van der Waals surface area contributed by atoms with Crippen molar-refractivity contribution in [1.29, 1.82) is 0 Å². The first kappa shape index (κ1) is 8.59. The van der Waals surface area contributed by atoms with Gasteiger partial charge in [0.05, 0.1) is 0 Å². The molecule has 4 unspecified atom stereocenters. The summed E-state index contributed by atoms with van der Waals surface area (Å²) < 4.78 is 0. The quantitative estimate of drug-likeness (QED) is 0.586. The molecule has 12 heavy (non-hydrogen) atoms. The predicted octanol–water partition coefficient (Wildman–Crippen LogP) is 3.71. The summed E-state index contributed by atoms with van der Waals surface area (Å²) in [6.07, 6.45) is 4.42. The van der Waals surface area contributed by atoms with Crippen LogP contribution in [0.25, 0.3) is 0 Å². The molecule has 0 saturated heterocycles. The molecular weight excluding hydrogens is 144 g/mol. The zero-order chi connectivity index (χ0) is 8.93. The maximum atomic E-state index is 2.54. The van der Waals surface area contributed by atoms with E-state index in [0.29, 0.717) is 0 Å². The van der Waals surface area contributed by atoms with Gasteiger partial charge in [-0.2, -0.15) is 0 Å². The molecule has 2 aliphatic carbocycles. The third kappa shape index (κ3) is 0.900. The van der Waals surface area contributed by atoms with Gasteiger partial charge in [0.2, 0.25) is 0 Å². The van der Waals surface area contributed by atoms with Gasteiger partial charge in [-0.3, -0.25) is 0 Å². The smallest absolute Gasteiger partial charge is 0.0264 e. The van der Waals surface area contributed by atoms with Crippen molar-refractivity contribution in [3.63, 3.8) is 0 Å². The molecule has 0 heterocycles. The molecule has 0 amide bonds. The van der Waals surface area contributed by atoms with Crippen molar-refractivity contribution in [1.82, 2.24) is 0 Å². The van der Waals surface area contributed by atoms with E-state index >= 15 is 0 Å². The van der Waals surface area contributed by atoms with E-state index in [1.807, 2.05) is 0 Å². The van der Waals surface area contributed by atoms with Gasteiger partial charge in [0.1, 0.15) is 0 Å². The summed E-state index contributed by atoms with van der Waals surface area (Å²) >= 11 is 0. The SMILES string of the molecule is CCC1CCC1(C)C1C(C)C1C. The Morgan fingerprint density at radius 2 is 1.83 bits per heavy atom. The Labute approximate surface area is 76.7 Å². The van der Waals surface area contributed by atoms with Crippen LogP contribution in [0.3, 0.4) is 0 Å². The molecule has 0 nitrogen and oxygen atoms in total. The first-order chi connectivity index (χ1) is 5.61. The van der Waals surface area contributed by atoms with Crippen LogP contribution in [0.4, 0.5) is 0 Å². The largest absolute Gasteiger partial charge is 0.0651 e. The summed E-state index contributed by atoms with van der Waals surface area (Å²) in [4.78, 5) is 0. The van der Waals surface area contributed by atoms with Crippen molar-refractivity contribution in [2.75, 3.05) is 0 Å². The number of hydrogen-bond acceptors (Lipinski definition) is 0. The van der Waals surface area contributed by atoms with E-state index in [9.17, 15) is 0 Å². The molecule has 0 aromatic carbocycles. The van der Waals surface area contributed by atoms with Gasteiger partial charge in [-0.15, -0.1) is 0 Å². The molecule has 0 N–H and O–H groups in total. The highest BCUT2D eigenvalue weighted by Gasteiger charge is 2.59. The van der Waals surface area contributed by atoms with E-state index in [0.717, 1.165) is 29.1 Å². The molecule has 2 rings (SSSR count). The lowest BCUT2D eigenvalue weighted by atomic mass is 9.57. The molecule has 2 aliphatic rings. The second-order valence-corrected chi connectivity index (χ2v) is 5.39. The van der Waals surface area contributed by atoms with Crippen LogP contribution in [0.15, 0.2) is 0 Å². The van der Waals surface area contributed by atoms with Crippen molar-refractivity contribution in [2.24, 2.45) is 29.1 Å². The fraction of sp³-hybridized carbons (Fsp3) is 1.00. The fourth-order valence-electron chi connectivity index (χ4n) is 3.78. The Balaban J connectivity index is 2.03. The molecule has 0 bridgehead atoms. The number of rotatable bonds is 2. The minimum absolute atomic E-state index is 0.744. The highest BCUT2D eigenvalue weighted by Crippen LogP contribution is 2.66. The van der Waals surface area contributed by atoms with Gasteiger partial charge in [0.15, 0.2) is 0 Å². The van der Waals surface area contributed by atoms with Crippen molar-refractivity contribution in [2.45, 2.75) is 47.0 Å². The summed E-state index contributed by atoms with van der Waals surface area (Å²) in [5, 5.41) is 0. The summed E-state index contributed by atoms with van der Waals surface area (Å²) in [6.45, 7) is 9.77. The van der Waals surface area contributed by atoms with Crippen molar-refractivity contribution in [3.8, 4) is 0 Å². The van der Waals surface area contributed by atoms with E-state index < -0.39 is 0 Å². The van der Waals surface area contributed by atoms with E-state index in [2.05, 4.69) is 27.7 Å². The average molecular weight is 166 g/mol. The summed E-state index contributed by atoms with van der Waals surface area (Å²) in [7, 11) is 0. The Bertz CT molecular complexity index is 174. The zero-order valence-corrected chi connectivity index (χ0v) is 8.93. The van der Waals surface area contributed by atoms with Crippen molar-refractivity contribution < 1.29 is 0 Å². The molecule has 0 heteroatoms. The van der Waals surface area contributed by atoms with E-state index in [1.165, 1.54) is 19.3 Å². The van der Waals surface area contributed by atoms with Gasteiger partial charge in [0.25, 0.3) is 0 Å². The van der Waals surface area contributed by atoms with E-state index in [-0.39, 0.29) is 0 Å². The first-order valence-electron chi connectivity index (χ1n) is 5.61. The lowest BCUT2D eigenvalue weighted by molar-refractivity contribution is 0.0140. The molecule has 0 aromatic rings. The molecule has 2 saturated carbocycles. The van der Waals surface area contributed by atoms with Crippen LogP contribution in [-0.4, -0.2) is 0 Å². The van der Waals surface area contributed by atoms with Crippen LogP contribution in [0.2, 0.25) is 0 Å². The second kappa shape index (κ2) is 2.49. The van der Waals surface area contributed by atoms with Crippen LogP contribution in [0, 0.1) is 29.1 Å². The van der Waals surface area contributed by atoms with Crippen LogP contribution in [0.5, 0.6) is 0 Å². The molecule has 0 radical (unpaired) electrons. The minimum Gasteiger partial charge on any atom is -0.0651 e. The van der Waals surface area contributed by atoms with Gasteiger partial charge < -0.3 is 0 Å². The van der Waals surface area contributed by atoms with E-state index in [4.69, 9.17) is 0 Å². The lowest BCUT2D eigenvalue weighted by Gasteiger charge is -2.48. The summed E-state index contributed by atoms with van der Waals surface area (Å²) in [6, 6.07) is 0. The predicted molar refractivity (Wildman–Crippen MR) is 52.9 cm³/mol. The monoisotopic (exact) mass is 166 g/mol. The summed E-state index contributed by atoms with van der Waals surface area (Å²) in [5.74, 6) is 4.15. The van der Waals surface area contributed by atoms with Crippen LogP contribution < -0.4 is 0 Å². The van der Waals surface area contributed by atoms with Crippen LogP contribution >= 0.6 is 0 Å². The highest BCUT2D eigenvalue weighted by atomic mass is 14.6. The molecule has 0 aliphatic heterocycles.